The average molecular weight is 308 g/mol. The number of carbonyl (C=O) groups excluding carboxylic acids is 2. The van der Waals surface area contributed by atoms with Gasteiger partial charge < -0.3 is 14.6 Å². The molecule has 22 heavy (non-hydrogen) atoms. The van der Waals surface area contributed by atoms with Crippen molar-refractivity contribution in [1.82, 2.24) is 0 Å². The summed E-state index contributed by atoms with van der Waals surface area (Å²) in [6.45, 7) is 6.96. The molecule has 2 rings (SSSR count). The number of carbonyl (C=O) groups is 2. The Morgan fingerprint density at radius 3 is 2.73 bits per heavy atom. The molecule has 0 saturated carbocycles. The molecule has 1 saturated heterocycles. The lowest BCUT2D eigenvalue weighted by molar-refractivity contribution is -0.145. The third kappa shape index (κ3) is 3.58. The number of aliphatic hydroxyl groups is 1. The van der Waals surface area contributed by atoms with Crippen LogP contribution in [0.5, 0.6) is 0 Å². The van der Waals surface area contributed by atoms with E-state index in [2.05, 4.69) is 0 Å². The van der Waals surface area contributed by atoms with Crippen LogP contribution in [0, 0.1) is 11.8 Å². The molecule has 0 aromatic carbocycles. The second-order valence-electron chi connectivity index (χ2n) is 6.33. The maximum Gasteiger partial charge on any atom is 0.309 e. The van der Waals surface area contributed by atoms with E-state index >= 15 is 0 Å². The molecule has 1 N–H and O–H groups in total. The molecule has 122 valence electrons. The van der Waals surface area contributed by atoms with Crippen LogP contribution >= 0.6 is 0 Å². The highest BCUT2D eigenvalue weighted by atomic mass is 16.6. The molecule has 0 spiro atoms. The lowest BCUT2D eigenvalue weighted by Crippen LogP contribution is -2.32. The fraction of sp³-hybridized carbons (Fsp3) is 0.647. The monoisotopic (exact) mass is 308 g/mol. The zero-order valence-corrected chi connectivity index (χ0v) is 13.5. The van der Waals surface area contributed by atoms with Gasteiger partial charge in [-0.25, -0.2) is 0 Å². The van der Waals surface area contributed by atoms with E-state index in [0.717, 1.165) is 11.1 Å². The van der Waals surface area contributed by atoms with Gasteiger partial charge in [-0.05, 0) is 19.4 Å². The molecular formula is C17H24O5. The van der Waals surface area contributed by atoms with Crippen LogP contribution in [0.3, 0.4) is 0 Å². The predicted molar refractivity (Wildman–Crippen MR) is 80.8 cm³/mol. The van der Waals surface area contributed by atoms with Gasteiger partial charge in [0.25, 0.3) is 0 Å². The lowest BCUT2D eigenvalue weighted by atomic mass is 9.82. The first-order valence-corrected chi connectivity index (χ1v) is 7.69. The SMILES string of the molecule is CC(=O)OC1CC=C(C)CC2OC(=O)C(C)C2C(O)C=C1C. The van der Waals surface area contributed by atoms with Gasteiger partial charge in [-0.15, -0.1) is 0 Å². The smallest absolute Gasteiger partial charge is 0.309 e. The van der Waals surface area contributed by atoms with Crippen LogP contribution in [-0.4, -0.2) is 35.4 Å². The van der Waals surface area contributed by atoms with Gasteiger partial charge in [-0.2, -0.15) is 0 Å². The highest BCUT2D eigenvalue weighted by Gasteiger charge is 2.45. The summed E-state index contributed by atoms with van der Waals surface area (Å²) >= 11 is 0. The normalized spacial score (nSPS) is 35.9. The number of fused-ring (bicyclic) bond motifs is 1. The van der Waals surface area contributed by atoms with E-state index in [9.17, 15) is 14.7 Å². The molecule has 0 amide bonds. The van der Waals surface area contributed by atoms with Crippen molar-refractivity contribution in [3.8, 4) is 0 Å². The summed E-state index contributed by atoms with van der Waals surface area (Å²) in [5.41, 5.74) is 1.86. The van der Waals surface area contributed by atoms with Crippen LogP contribution < -0.4 is 0 Å². The van der Waals surface area contributed by atoms with E-state index in [1.807, 2.05) is 19.9 Å². The Labute approximate surface area is 131 Å². The van der Waals surface area contributed by atoms with Gasteiger partial charge in [0, 0.05) is 25.7 Å². The zero-order chi connectivity index (χ0) is 16.4. The van der Waals surface area contributed by atoms with Crippen LogP contribution in [0.1, 0.15) is 40.5 Å². The fourth-order valence-electron chi connectivity index (χ4n) is 3.23. The van der Waals surface area contributed by atoms with Gasteiger partial charge in [0.15, 0.2) is 0 Å². The maximum absolute atomic E-state index is 11.8. The molecule has 1 aliphatic carbocycles. The Kier molecular flexibility index (Phi) is 5.06. The van der Waals surface area contributed by atoms with Gasteiger partial charge in [-0.3, -0.25) is 9.59 Å². The van der Waals surface area contributed by atoms with Gasteiger partial charge in [-0.1, -0.05) is 24.6 Å². The van der Waals surface area contributed by atoms with E-state index in [1.165, 1.54) is 6.92 Å². The Balaban J connectivity index is 2.33. The number of ether oxygens (including phenoxy) is 2. The van der Waals surface area contributed by atoms with Crippen molar-refractivity contribution in [1.29, 1.82) is 0 Å². The molecule has 0 aromatic heterocycles. The van der Waals surface area contributed by atoms with Crippen LogP contribution in [0.25, 0.3) is 0 Å². The minimum atomic E-state index is -0.796. The molecule has 1 fully saturated rings. The van der Waals surface area contributed by atoms with Crippen molar-refractivity contribution in [2.24, 2.45) is 11.8 Å². The molecule has 1 aliphatic heterocycles. The summed E-state index contributed by atoms with van der Waals surface area (Å²) < 4.78 is 10.8. The number of esters is 2. The summed E-state index contributed by atoms with van der Waals surface area (Å²) in [5.74, 6) is -1.23. The highest BCUT2D eigenvalue weighted by molar-refractivity contribution is 5.75. The van der Waals surface area contributed by atoms with E-state index in [4.69, 9.17) is 9.47 Å². The predicted octanol–water partition coefficient (Wildman–Crippen LogP) is 2.14. The van der Waals surface area contributed by atoms with Crippen molar-refractivity contribution in [2.45, 2.75) is 58.8 Å². The van der Waals surface area contributed by atoms with Crippen molar-refractivity contribution in [3.63, 3.8) is 0 Å². The summed E-state index contributed by atoms with van der Waals surface area (Å²) in [5, 5.41) is 10.5. The van der Waals surface area contributed by atoms with Gasteiger partial charge in [0.05, 0.1) is 12.0 Å². The lowest BCUT2D eigenvalue weighted by Gasteiger charge is -2.26. The Bertz CT molecular complexity index is 519. The first-order chi connectivity index (χ1) is 10.3. The molecule has 1 heterocycles. The third-order valence-corrected chi connectivity index (χ3v) is 4.49. The summed E-state index contributed by atoms with van der Waals surface area (Å²) in [7, 11) is 0. The van der Waals surface area contributed by atoms with E-state index in [-0.39, 0.29) is 36.0 Å². The van der Waals surface area contributed by atoms with Crippen LogP contribution in [0.2, 0.25) is 0 Å². The molecule has 0 aromatic rings. The average Bonchev–Trinajstić information content (AvgIpc) is 2.68. The summed E-state index contributed by atoms with van der Waals surface area (Å²) in [6, 6.07) is 0. The zero-order valence-electron chi connectivity index (χ0n) is 13.5. The number of aliphatic hydroxyl groups excluding tert-OH is 1. The highest BCUT2D eigenvalue weighted by Crippen LogP contribution is 2.36. The van der Waals surface area contributed by atoms with Crippen LogP contribution in [-0.2, 0) is 19.1 Å². The second-order valence-corrected chi connectivity index (χ2v) is 6.33. The number of hydrogen-bond donors (Lipinski definition) is 1. The second kappa shape index (κ2) is 6.65. The molecule has 0 bridgehead atoms. The third-order valence-electron chi connectivity index (χ3n) is 4.49. The molecule has 5 unspecified atom stereocenters. The number of rotatable bonds is 1. The van der Waals surface area contributed by atoms with Crippen molar-refractivity contribution in [2.75, 3.05) is 0 Å². The van der Waals surface area contributed by atoms with Gasteiger partial charge in [0.2, 0.25) is 0 Å². The molecule has 5 nitrogen and oxygen atoms in total. The van der Waals surface area contributed by atoms with E-state index < -0.39 is 6.10 Å². The molecule has 5 heteroatoms. The van der Waals surface area contributed by atoms with Gasteiger partial charge >= 0.3 is 11.9 Å². The van der Waals surface area contributed by atoms with Crippen LogP contribution in [0.15, 0.2) is 23.3 Å². The fourth-order valence-corrected chi connectivity index (χ4v) is 3.23. The Hall–Kier alpha value is -1.62. The van der Waals surface area contributed by atoms with Crippen LogP contribution in [0.4, 0.5) is 0 Å². The molecule has 0 radical (unpaired) electrons. The minimum Gasteiger partial charge on any atom is -0.461 e. The first-order valence-electron chi connectivity index (χ1n) is 7.69. The standard InChI is InChI=1S/C17H24O5/c1-9-5-6-14(21-12(4)18)10(2)8-13(19)16-11(3)17(20)22-15(16)7-9/h5,8,11,13-16,19H,6-7H2,1-4H3. The summed E-state index contributed by atoms with van der Waals surface area (Å²) in [6.07, 6.45) is 3.37. The summed E-state index contributed by atoms with van der Waals surface area (Å²) in [4.78, 5) is 23.1. The maximum atomic E-state index is 11.8. The Morgan fingerprint density at radius 1 is 1.41 bits per heavy atom. The largest absolute Gasteiger partial charge is 0.461 e. The van der Waals surface area contributed by atoms with Gasteiger partial charge in [0.1, 0.15) is 12.2 Å². The minimum absolute atomic E-state index is 0.260. The van der Waals surface area contributed by atoms with Crippen molar-refractivity contribution >= 4 is 11.9 Å². The quantitative estimate of drug-likeness (QED) is 0.593. The number of hydrogen-bond acceptors (Lipinski definition) is 5. The van der Waals surface area contributed by atoms with Crippen molar-refractivity contribution < 1.29 is 24.2 Å². The van der Waals surface area contributed by atoms with Crippen molar-refractivity contribution in [3.05, 3.63) is 23.3 Å². The first kappa shape index (κ1) is 16.7. The van der Waals surface area contributed by atoms with E-state index in [1.54, 1.807) is 13.0 Å². The molecular weight excluding hydrogens is 284 g/mol. The Morgan fingerprint density at radius 2 is 2.09 bits per heavy atom. The molecule has 5 atom stereocenters. The molecule has 2 aliphatic rings. The topological polar surface area (TPSA) is 72.8 Å². The van der Waals surface area contributed by atoms with E-state index in [0.29, 0.717) is 12.8 Å².